The van der Waals surface area contributed by atoms with Crippen molar-refractivity contribution in [1.29, 1.82) is 0 Å². The number of ether oxygens (including phenoxy) is 3. The third-order valence-corrected chi connectivity index (χ3v) is 7.18. The Kier molecular flexibility index (Phi) is 7.02. The van der Waals surface area contributed by atoms with E-state index in [0.29, 0.717) is 12.5 Å². The molecule has 1 aromatic heterocycles. The van der Waals surface area contributed by atoms with Gasteiger partial charge in [0.1, 0.15) is 5.75 Å². The first-order valence-electron chi connectivity index (χ1n) is 11.8. The van der Waals surface area contributed by atoms with Gasteiger partial charge in [-0.15, -0.1) is 11.3 Å². The van der Waals surface area contributed by atoms with Gasteiger partial charge in [0.05, 0.1) is 6.54 Å². The molecule has 1 amide bonds. The van der Waals surface area contributed by atoms with Crippen LogP contribution >= 0.6 is 11.3 Å². The van der Waals surface area contributed by atoms with E-state index in [1.54, 1.807) is 11.3 Å². The molecule has 2 aromatic carbocycles. The number of rotatable bonds is 8. The van der Waals surface area contributed by atoms with Crippen LogP contribution in [-0.2, 0) is 17.9 Å². The van der Waals surface area contributed by atoms with Crippen molar-refractivity contribution in [3.8, 4) is 28.4 Å². The molecule has 1 unspecified atom stereocenters. The van der Waals surface area contributed by atoms with Crippen LogP contribution in [0.3, 0.4) is 0 Å². The molecule has 1 atom stereocenters. The van der Waals surface area contributed by atoms with Gasteiger partial charge in [-0.3, -0.25) is 9.69 Å². The Morgan fingerprint density at radius 1 is 1.15 bits per heavy atom. The van der Waals surface area contributed by atoms with Crippen LogP contribution in [0.5, 0.6) is 17.2 Å². The summed E-state index contributed by atoms with van der Waals surface area (Å²) >= 11 is 1.63. The van der Waals surface area contributed by atoms with Gasteiger partial charge in [-0.05, 0) is 72.1 Å². The number of carbonyl (C=O) groups excluding carboxylic acids is 1. The van der Waals surface area contributed by atoms with Gasteiger partial charge in [-0.1, -0.05) is 25.1 Å². The van der Waals surface area contributed by atoms with Crippen molar-refractivity contribution in [1.82, 2.24) is 10.2 Å². The molecule has 5 rings (SSSR count). The topological polar surface area (TPSA) is 60.0 Å². The minimum atomic E-state index is -0.120. The van der Waals surface area contributed by atoms with E-state index in [9.17, 15) is 4.79 Å². The molecule has 6 nitrogen and oxygen atoms in total. The van der Waals surface area contributed by atoms with Crippen molar-refractivity contribution in [3.05, 3.63) is 64.4 Å². The van der Waals surface area contributed by atoms with Gasteiger partial charge < -0.3 is 19.5 Å². The lowest BCUT2D eigenvalue weighted by molar-refractivity contribution is -0.123. The first-order chi connectivity index (χ1) is 16.6. The number of nitrogens with one attached hydrogen (secondary N) is 1. The maximum atomic E-state index is 12.4. The van der Waals surface area contributed by atoms with Gasteiger partial charge in [-0.25, -0.2) is 0 Å². The van der Waals surface area contributed by atoms with Gasteiger partial charge in [0.25, 0.3) is 5.91 Å². The lowest BCUT2D eigenvalue weighted by Crippen LogP contribution is -2.34. The standard InChI is InChI=1S/C27H30N2O4S/c1-19-4-2-10-29(15-19)16-22-12-20(21-7-9-25-26(13-21)33-18-32-25)6-8-24(22)31-17-27(30)28-14-23-5-3-11-34-23/h3,5-9,11-13,19H,2,4,10,14-18H2,1H3,(H,28,30). The zero-order valence-corrected chi connectivity index (χ0v) is 20.2. The van der Waals surface area contributed by atoms with Crippen LogP contribution in [0, 0.1) is 5.92 Å². The molecule has 1 saturated heterocycles. The number of likely N-dealkylation sites (tertiary alicyclic amines) is 1. The van der Waals surface area contributed by atoms with Crippen LogP contribution in [0.15, 0.2) is 53.9 Å². The molecule has 0 bridgehead atoms. The molecule has 1 N–H and O–H groups in total. The fraction of sp³-hybridized carbons (Fsp3) is 0.370. The summed E-state index contributed by atoms with van der Waals surface area (Å²) in [5, 5.41) is 4.94. The summed E-state index contributed by atoms with van der Waals surface area (Å²) in [5.74, 6) is 2.88. The van der Waals surface area contributed by atoms with E-state index in [1.165, 1.54) is 12.8 Å². The molecule has 1 fully saturated rings. The normalized spacial score (nSPS) is 17.5. The number of hydrogen-bond donors (Lipinski definition) is 1. The third-order valence-electron chi connectivity index (χ3n) is 6.30. The van der Waals surface area contributed by atoms with Crippen LogP contribution in [0.25, 0.3) is 11.1 Å². The van der Waals surface area contributed by atoms with Crippen LogP contribution in [0.4, 0.5) is 0 Å². The van der Waals surface area contributed by atoms with Crippen LogP contribution in [0.2, 0.25) is 0 Å². The summed E-state index contributed by atoms with van der Waals surface area (Å²) in [6.45, 7) is 6.06. The van der Waals surface area contributed by atoms with E-state index in [1.807, 2.05) is 47.8 Å². The highest BCUT2D eigenvalue weighted by molar-refractivity contribution is 7.09. The molecule has 0 saturated carbocycles. The van der Waals surface area contributed by atoms with E-state index in [0.717, 1.165) is 58.5 Å². The van der Waals surface area contributed by atoms with Crippen molar-refractivity contribution >= 4 is 17.2 Å². The van der Waals surface area contributed by atoms with Crippen LogP contribution in [0.1, 0.15) is 30.2 Å². The average molecular weight is 479 g/mol. The van der Waals surface area contributed by atoms with Crippen molar-refractivity contribution in [3.63, 3.8) is 0 Å². The van der Waals surface area contributed by atoms with Crippen LogP contribution < -0.4 is 19.5 Å². The fourth-order valence-corrected chi connectivity index (χ4v) is 5.21. The lowest BCUT2D eigenvalue weighted by Gasteiger charge is -2.31. The summed E-state index contributed by atoms with van der Waals surface area (Å²) in [5.41, 5.74) is 3.25. The summed E-state index contributed by atoms with van der Waals surface area (Å²) in [6, 6.07) is 16.2. The van der Waals surface area contributed by atoms with E-state index in [2.05, 4.69) is 23.2 Å². The van der Waals surface area contributed by atoms with E-state index in [4.69, 9.17) is 14.2 Å². The molecule has 3 heterocycles. The summed E-state index contributed by atoms with van der Waals surface area (Å²) in [7, 11) is 0. The van der Waals surface area contributed by atoms with Gasteiger partial charge in [-0.2, -0.15) is 0 Å². The predicted molar refractivity (Wildman–Crippen MR) is 133 cm³/mol. The fourth-order valence-electron chi connectivity index (χ4n) is 4.56. The molecule has 7 heteroatoms. The van der Waals surface area contributed by atoms with Gasteiger partial charge in [0, 0.05) is 23.5 Å². The average Bonchev–Trinajstić information content (AvgIpc) is 3.53. The van der Waals surface area contributed by atoms with E-state index >= 15 is 0 Å². The summed E-state index contributed by atoms with van der Waals surface area (Å²) in [4.78, 5) is 16.0. The van der Waals surface area contributed by atoms with Crippen molar-refractivity contribution in [2.24, 2.45) is 5.92 Å². The van der Waals surface area contributed by atoms with Gasteiger partial charge >= 0.3 is 0 Å². The zero-order chi connectivity index (χ0) is 23.3. The highest BCUT2D eigenvalue weighted by atomic mass is 32.1. The Morgan fingerprint density at radius 3 is 2.85 bits per heavy atom. The molecular weight excluding hydrogens is 448 g/mol. The Labute approximate surface area is 204 Å². The molecular formula is C27H30N2O4S. The number of fused-ring (bicyclic) bond motifs is 1. The molecule has 0 aliphatic carbocycles. The number of amides is 1. The van der Waals surface area contributed by atoms with Gasteiger partial charge in [0.2, 0.25) is 6.79 Å². The summed E-state index contributed by atoms with van der Waals surface area (Å²) in [6.07, 6.45) is 2.49. The molecule has 3 aromatic rings. The zero-order valence-electron chi connectivity index (χ0n) is 19.4. The molecule has 0 spiro atoms. The number of hydrogen-bond acceptors (Lipinski definition) is 6. The first kappa shape index (κ1) is 22.7. The molecule has 2 aliphatic heterocycles. The minimum absolute atomic E-state index is 0.00184. The summed E-state index contributed by atoms with van der Waals surface area (Å²) < 4.78 is 17.0. The van der Waals surface area contributed by atoms with Crippen molar-refractivity contribution < 1.29 is 19.0 Å². The van der Waals surface area contributed by atoms with Crippen LogP contribution in [-0.4, -0.2) is 37.3 Å². The highest BCUT2D eigenvalue weighted by Crippen LogP contribution is 2.37. The number of nitrogens with zero attached hydrogens (tertiary/aromatic N) is 1. The lowest BCUT2D eigenvalue weighted by atomic mass is 9.98. The first-order valence-corrected chi connectivity index (χ1v) is 12.7. The smallest absolute Gasteiger partial charge is 0.258 e. The quantitative estimate of drug-likeness (QED) is 0.490. The molecule has 0 radical (unpaired) electrons. The third kappa shape index (κ3) is 5.54. The second kappa shape index (κ2) is 10.5. The minimum Gasteiger partial charge on any atom is -0.483 e. The SMILES string of the molecule is CC1CCCN(Cc2cc(-c3ccc4c(c3)OCO4)ccc2OCC(=O)NCc2cccs2)C1. The Bertz CT molecular complexity index is 1130. The number of benzene rings is 2. The number of piperidine rings is 1. The maximum absolute atomic E-state index is 12.4. The van der Waals surface area contributed by atoms with E-state index < -0.39 is 0 Å². The monoisotopic (exact) mass is 478 g/mol. The van der Waals surface area contributed by atoms with Gasteiger partial charge in [0.15, 0.2) is 18.1 Å². The Balaban J connectivity index is 1.32. The maximum Gasteiger partial charge on any atom is 0.258 e. The Hall–Kier alpha value is -3.03. The number of carbonyl (C=O) groups is 1. The highest BCUT2D eigenvalue weighted by Gasteiger charge is 2.20. The molecule has 2 aliphatic rings. The van der Waals surface area contributed by atoms with E-state index in [-0.39, 0.29) is 19.3 Å². The Morgan fingerprint density at radius 2 is 2.00 bits per heavy atom. The number of thiophene rings is 1. The molecule has 178 valence electrons. The largest absolute Gasteiger partial charge is 0.483 e. The predicted octanol–water partition coefficient (Wildman–Crippen LogP) is 5.07. The van der Waals surface area contributed by atoms with Crippen molar-refractivity contribution in [2.45, 2.75) is 32.9 Å². The van der Waals surface area contributed by atoms with Crippen molar-refractivity contribution in [2.75, 3.05) is 26.5 Å². The molecule has 34 heavy (non-hydrogen) atoms. The second-order valence-corrected chi connectivity index (χ2v) is 10.1. The second-order valence-electron chi connectivity index (χ2n) is 9.02.